The highest BCUT2D eigenvalue weighted by atomic mass is 79.9. The van der Waals surface area contributed by atoms with Crippen LogP contribution < -0.4 is 4.72 Å². The zero-order valence-corrected chi connectivity index (χ0v) is 24.5. The van der Waals surface area contributed by atoms with Crippen LogP contribution in [0.5, 0.6) is 0 Å². The topological polar surface area (TPSA) is 98.1 Å². The predicted octanol–water partition coefficient (Wildman–Crippen LogP) is 7.25. The number of benzene rings is 3. The van der Waals surface area contributed by atoms with Crippen molar-refractivity contribution in [3.05, 3.63) is 128 Å². The second-order valence-corrected chi connectivity index (χ2v) is 12.3. The highest BCUT2D eigenvalue weighted by Crippen LogP contribution is 2.32. The Balaban J connectivity index is 1.59. The first-order valence-corrected chi connectivity index (χ1v) is 14.9. The molecule has 0 aliphatic heterocycles. The Labute approximate surface area is 250 Å². The molecule has 0 aliphatic rings. The zero-order chi connectivity index (χ0) is 29.5. The van der Waals surface area contributed by atoms with E-state index in [9.17, 15) is 22.4 Å². The molecule has 5 aromatic rings. The van der Waals surface area contributed by atoms with E-state index in [0.717, 1.165) is 22.9 Å². The van der Waals surface area contributed by atoms with Gasteiger partial charge in [-0.2, -0.15) is 0 Å². The van der Waals surface area contributed by atoms with Gasteiger partial charge >= 0.3 is 0 Å². The fourth-order valence-electron chi connectivity index (χ4n) is 4.21. The van der Waals surface area contributed by atoms with Gasteiger partial charge in [0.2, 0.25) is 15.8 Å². The highest BCUT2D eigenvalue weighted by molar-refractivity contribution is 9.10. The maximum Gasteiger partial charge on any atom is 0.266 e. The summed E-state index contributed by atoms with van der Waals surface area (Å²) in [4.78, 5) is 31.3. The van der Waals surface area contributed by atoms with Gasteiger partial charge in [0.25, 0.3) is 5.91 Å². The molecule has 13 heteroatoms. The number of fused-ring (bicyclic) bond motifs is 1. The summed E-state index contributed by atoms with van der Waals surface area (Å²) in [7, 11) is -4.13. The van der Waals surface area contributed by atoms with Gasteiger partial charge in [-0.3, -0.25) is 18.9 Å². The minimum absolute atomic E-state index is 0.00179. The first-order valence-electron chi connectivity index (χ1n) is 11.7. The molecule has 41 heavy (non-hydrogen) atoms. The van der Waals surface area contributed by atoms with Crippen LogP contribution >= 0.6 is 39.1 Å². The van der Waals surface area contributed by atoms with Crippen LogP contribution in [-0.4, -0.2) is 29.7 Å². The van der Waals surface area contributed by atoms with Crippen LogP contribution in [0.3, 0.4) is 0 Å². The fraction of sp³-hybridized carbons (Fsp3) is 0.0357. The SMILES string of the molecule is O=C(c1c(F)ccc(NS(=O)(=O)Cc2ccccc2)c1F)c1cn(C(=O)c2c(Cl)cccc2Cl)c2ncc(Br)cc12. The van der Waals surface area contributed by atoms with Crippen molar-refractivity contribution in [3.8, 4) is 0 Å². The molecule has 0 spiro atoms. The molecule has 0 saturated heterocycles. The van der Waals surface area contributed by atoms with Crippen LogP contribution in [-0.2, 0) is 15.8 Å². The molecule has 0 fully saturated rings. The number of anilines is 1. The van der Waals surface area contributed by atoms with Crippen LogP contribution in [0.15, 0.2) is 83.6 Å². The molecular weight excluding hydrogens is 663 g/mol. The van der Waals surface area contributed by atoms with Gasteiger partial charge < -0.3 is 0 Å². The van der Waals surface area contributed by atoms with Crippen LogP contribution in [0.4, 0.5) is 14.5 Å². The smallest absolute Gasteiger partial charge is 0.266 e. The maximum absolute atomic E-state index is 15.6. The Morgan fingerprint density at radius 2 is 1.63 bits per heavy atom. The highest BCUT2D eigenvalue weighted by Gasteiger charge is 2.29. The monoisotopic (exact) mass is 677 g/mol. The van der Waals surface area contributed by atoms with Crippen molar-refractivity contribution in [3.63, 3.8) is 0 Å². The Hall–Kier alpha value is -3.64. The van der Waals surface area contributed by atoms with Crippen LogP contribution in [0.25, 0.3) is 11.0 Å². The summed E-state index contributed by atoms with van der Waals surface area (Å²) in [5, 5.41) is 0.179. The zero-order valence-electron chi connectivity index (χ0n) is 20.5. The van der Waals surface area contributed by atoms with Crippen molar-refractivity contribution in [2.24, 2.45) is 0 Å². The summed E-state index contributed by atoms with van der Waals surface area (Å²) < 4.78 is 59.5. The van der Waals surface area contributed by atoms with Gasteiger partial charge in [-0.25, -0.2) is 22.2 Å². The van der Waals surface area contributed by atoms with E-state index in [1.54, 1.807) is 36.4 Å². The minimum Gasteiger partial charge on any atom is -0.288 e. The minimum atomic E-state index is -4.13. The number of nitrogens with zero attached hydrogens (tertiary/aromatic N) is 2. The Kier molecular flexibility index (Phi) is 7.97. The third-order valence-electron chi connectivity index (χ3n) is 6.03. The van der Waals surface area contributed by atoms with E-state index in [-0.39, 0.29) is 32.2 Å². The number of sulfonamides is 1. The first kappa shape index (κ1) is 28.9. The number of hydrogen-bond acceptors (Lipinski definition) is 5. The van der Waals surface area contributed by atoms with Crippen molar-refractivity contribution in [1.82, 2.24) is 9.55 Å². The van der Waals surface area contributed by atoms with Gasteiger partial charge in [-0.05, 0) is 51.8 Å². The molecule has 0 aliphatic carbocycles. The van der Waals surface area contributed by atoms with Crippen LogP contribution in [0.2, 0.25) is 10.0 Å². The number of nitrogens with one attached hydrogen (secondary N) is 1. The molecule has 0 radical (unpaired) electrons. The number of pyridine rings is 1. The average molecular weight is 679 g/mol. The second kappa shape index (κ2) is 11.3. The molecule has 208 valence electrons. The third kappa shape index (κ3) is 5.76. The summed E-state index contributed by atoms with van der Waals surface area (Å²) in [6, 6.07) is 15.7. The Bertz CT molecular complexity index is 1950. The number of hydrogen-bond donors (Lipinski definition) is 1. The van der Waals surface area contributed by atoms with Crippen molar-refractivity contribution in [1.29, 1.82) is 0 Å². The molecule has 2 heterocycles. The molecule has 7 nitrogen and oxygen atoms in total. The first-order chi connectivity index (χ1) is 19.5. The van der Waals surface area contributed by atoms with Crippen molar-refractivity contribution >= 4 is 77.6 Å². The van der Waals surface area contributed by atoms with E-state index in [4.69, 9.17) is 23.2 Å². The van der Waals surface area contributed by atoms with Crippen molar-refractivity contribution in [2.75, 3.05) is 4.72 Å². The molecule has 2 aromatic heterocycles. The quantitative estimate of drug-likeness (QED) is 0.183. The number of halogens is 5. The van der Waals surface area contributed by atoms with Gasteiger partial charge in [0.15, 0.2) is 5.82 Å². The van der Waals surface area contributed by atoms with Gasteiger partial charge in [0.1, 0.15) is 11.5 Å². The molecule has 3 aromatic carbocycles. The van der Waals surface area contributed by atoms with Crippen molar-refractivity contribution < 1.29 is 26.8 Å². The van der Waals surface area contributed by atoms with E-state index in [2.05, 4.69) is 25.6 Å². The molecule has 0 atom stereocenters. The molecule has 1 N–H and O–H groups in total. The summed E-state index contributed by atoms with van der Waals surface area (Å²) in [5.41, 5.74) is -1.54. The van der Waals surface area contributed by atoms with E-state index < -0.39 is 50.4 Å². The van der Waals surface area contributed by atoms with E-state index in [0.29, 0.717) is 10.0 Å². The molecule has 0 amide bonds. The summed E-state index contributed by atoms with van der Waals surface area (Å²) in [6.45, 7) is 0. The average Bonchev–Trinajstić information content (AvgIpc) is 3.29. The fourth-order valence-corrected chi connectivity index (χ4v) is 6.30. The normalized spacial score (nSPS) is 11.5. The number of ketones is 1. The number of rotatable bonds is 7. The van der Waals surface area contributed by atoms with Crippen LogP contribution in [0.1, 0.15) is 31.8 Å². The van der Waals surface area contributed by atoms with Gasteiger partial charge in [-0.15, -0.1) is 0 Å². The lowest BCUT2D eigenvalue weighted by atomic mass is 10.0. The Morgan fingerprint density at radius 3 is 2.32 bits per heavy atom. The lowest BCUT2D eigenvalue weighted by molar-refractivity contribution is 0.0964. The predicted molar refractivity (Wildman–Crippen MR) is 156 cm³/mol. The molecule has 0 saturated carbocycles. The summed E-state index contributed by atoms with van der Waals surface area (Å²) in [5.74, 6) is -5.01. The number of carbonyl (C=O) groups is 2. The summed E-state index contributed by atoms with van der Waals surface area (Å²) >= 11 is 15.7. The second-order valence-electron chi connectivity index (χ2n) is 8.80. The molecular formula is C28H16BrCl2F2N3O4S. The largest absolute Gasteiger partial charge is 0.288 e. The summed E-state index contributed by atoms with van der Waals surface area (Å²) in [6.07, 6.45) is 2.46. The molecule has 0 unspecified atom stereocenters. The van der Waals surface area contributed by atoms with Gasteiger partial charge in [-0.1, -0.05) is 59.6 Å². The van der Waals surface area contributed by atoms with E-state index in [1.165, 1.54) is 24.4 Å². The Morgan fingerprint density at radius 1 is 0.951 bits per heavy atom. The van der Waals surface area contributed by atoms with Gasteiger partial charge in [0.05, 0.1) is 38.2 Å². The van der Waals surface area contributed by atoms with Crippen LogP contribution in [0, 0.1) is 11.6 Å². The van der Waals surface area contributed by atoms with Gasteiger partial charge in [0, 0.05) is 22.3 Å². The maximum atomic E-state index is 15.6. The van der Waals surface area contributed by atoms with E-state index in [1.807, 2.05) is 0 Å². The molecule has 5 rings (SSSR count). The van der Waals surface area contributed by atoms with E-state index >= 15 is 4.39 Å². The lowest BCUT2D eigenvalue weighted by Crippen LogP contribution is -2.18. The lowest BCUT2D eigenvalue weighted by Gasteiger charge is -2.12. The van der Waals surface area contributed by atoms with Crippen molar-refractivity contribution in [2.45, 2.75) is 5.75 Å². The standard InChI is InChI=1S/C28H16BrCl2F2N3O4S/c29-16-11-17-18(13-36(27(17)34-12-16)28(38)23-19(30)7-4-8-20(23)31)26(37)24-21(32)9-10-22(25(24)33)35-41(39,40)14-15-5-2-1-3-6-15/h1-13,35H,14H2. The number of aromatic nitrogens is 2. The number of carbonyl (C=O) groups excluding carboxylic acids is 2. The molecule has 0 bridgehead atoms. The third-order valence-corrected chi connectivity index (χ3v) is 8.34.